The number of halogens is 1. The number of aromatic nitrogens is 5. The molecule has 8 heteroatoms. The van der Waals surface area contributed by atoms with Crippen molar-refractivity contribution in [3.63, 3.8) is 0 Å². The Balaban J connectivity index is 1.98. The normalized spacial score (nSPS) is 12.8. The third-order valence-corrected chi connectivity index (χ3v) is 4.59. The van der Waals surface area contributed by atoms with Crippen LogP contribution in [0.2, 0.25) is 0 Å². The van der Waals surface area contributed by atoms with Crippen LogP contribution in [-0.4, -0.2) is 24.7 Å². The van der Waals surface area contributed by atoms with Crippen LogP contribution in [0.3, 0.4) is 0 Å². The molecule has 0 bridgehead atoms. The topological polar surface area (TPSA) is 68.5 Å². The van der Waals surface area contributed by atoms with Gasteiger partial charge in [-0.1, -0.05) is 0 Å². The first-order chi connectivity index (χ1) is 9.56. The van der Waals surface area contributed by atoms with Crippen molar-refractivity contribution in [2.45, 2.75) is 19.9 Å². The smallest absolute Gasteiger partial charge is 0.164 e. The lowest BCUT2D eigenvalue weighted by Crippen LogP contribution is -2.08. The van der Waals surface area contributed by atoms with Gasteiger partial charge in [0.25, 0.3) is 0 Å². The Bertz CT molecular complexity index is 764. The van der Waals surface area contributed by atoms with Crippen LogP contribution < -0.4 is 5.32 Å². The van der Waals surface area contributed by atoms with Crippen LogP contribution in [0, 0.1) is 6.92 Å². The highest BCUT2D eigenvalue weighted by atomic mass is 79.9. The zero-order valence-electron chi connectivity index (χ0n) is 11.3. The van der Waals surface area contributed by atoms with Crippen molar-refractivity contribution in [2.24, 2.45) is 7.05 Å². The fourth-order valence-corrected chi connectivity index (χ4v) is 3.37. The summed E-state index contributed by atoms with van der Waals surface area (Å²) in [6.07, 6.45) is 3.42. The second-order valence-electron chi connectivity index (χ2n) is 4.51. The Hall–Kier alpha value is -1.54. The largest absolute Gasteiger partial charge is 0.360 e. The van der Waals surface area contributed by atoms with Crippen LogP contribution in [0.25, 0.3) is 11.0 Å². The molecular weight excluding hydrogens is 340 g/mol. The Kier molecular flexibility index (Phi) is 3.43. The summed E-state index contributed by atoms with van der Waals surface area (Å²) in [4.78, 5) is 14.2. The molecule has 0 amide bonds. The van der Waals surface area contributed by atoms with E-state index in [-0.39, 0.29) is 6.04 Å². The third kappa shape index (κ3) is 2.29. The summed E-state index contributed by atoms with van der Waals surface area (Å²) in [5.74, 6) is 0.760. The minimum absolute atomic E-state index is 0.0823. The van der Waals surface area contributed by atoms with Crippen molar-refractivity contribution in [3.05, 3.63) is 27.0 Å². The van der Waals surface area contributed by atoms with E-state index in [2.05, 4.69) is 55.1 Å². The molecule has 0 saturated heterocycles. The molecule has 1 N–H and O–H groups in total. The average molecular weight is 353 g/mol. The first-order valence-electron chi connectivity index (χ1n) is 6.08. The highest BCUT2D eigenvalue weighted by molar-refractivity contribution is 9.10. The van der Waals surface area contributed by atoms with Crippen LogP contribution >= 0.6 is 27.3 Å². The monoisotopic (exact) mass is 352 g/mol. The zero-order valence-corrected chi connectivity index (χ0v) is 13.7. The summed E-state index contributed by atoms with van der Waals surface area (Å²) in [7, 11) is 1.86. The molecule has 3 heterocycles. The number of rotatable bonds is 3. The van der Waals surface area contributed by atoms with Gasteiger partial charge in [-0.2, -0.15) is 5.10 Å². The minimum atomic E-state index is 0.0823. The highest BCUT2D eigenvalue weighted by Crippen LogP contribution is 2.30. The predicted octanol–water partition coefficient (Wildman–Crippen LogP) is 3.06. The van der Waals surface area contributed by atoms with Gasteiger partial charge in [0.1, 0.15) is 21.8 Å². The van der Waals surface area contributed by atoms with Gasteiger partial charge in [-0.3, -0.25) is 0 Å². The number of aryl methyl sites for hydroxylation is 2. The van der Waals surface area contributed by atoms with Crippen molar-refractivity contribution >= 4 is 44.1 Å². The molecule has 0 aliphatic carbocycles. The van der Waals surface area contributed by atoms with Crippen LogP contribution in [0.5, 0.6) is 0 Å². The molecule has 0 saturated carbocycles. The number of thiazole rings is 1. The minimum Gasteiger partial charge on any atom is -0.360 e. The number of hydrogen-bond acceptors (Lipinski definition) is 6. The van der Waals surface area contributed by atoms with Crippen molar-refractivity contribution in [1.82, 2.24) is 24.7 Å². The van der Waals surface area contributed by atoms with Crippen LogP contribution in [0.1, 0.15) is 22.9 Å². The van der Waals surface area contributed by atoms with E-state index in [1.807, 2.05) is 13.2 Å². The van der Waals surface area contributed by atoms with Gasteiger partial charge in [-0.25, -0.2) is 19.6 Å². The number of anilines is 1. The summed E-state index contributed by atoms with van der Waals surface area (Å²) in [5, 5.41) is 9.62. The van der Waals surface area contributed by atoms with E-state index in [4.69, 9.17) is 0 Å². The molecule has 3 aromatic heterocycles. The molecule has 6 nitrogen and oxygen atoms in total. The first-order valence-corrected chi connectivity index (χ1v) is 7.69. The maximum absolute atomic E-state index is 4.40. The van der Waals surface area contributed by atoms with Crippen molar-refractivity contribution in [3.8, 4) is 0 Å². The van der Waals surface area contributed by atoms with Crippen molar-refractivity contribution in [1.29, 1.82) is 0 Å². The standard InChI is InChI=1S/C12H13BrN6S/c1-6-4-14-12(20-6)7(2)17-10-8-9(13)18-19(3)11(8)16-5-15-10/h4-5,7H,1-3H3,(H,15,16,17). The van der Waals surface area contributed by atoms with Gasteiger partial charge in [0.2, 0.25) is 0 Å². The summed E-state index contributed by atoms with van der Waals surface area (Å²) in [6.45, 7) is 4.12. The van der Waals surface area contributed by atoms with E-state index >= 15 is 0 Å². The van der Waals surface area contributed by atoms with E-state index < -0.39 is 0 Å². The average Bonchev–Trinajstić information content (AvgIpc) is 2.96. The van der Waals surface area contributed by atoms with Gasteiger partial charge in [-0.15, -0.1) is 11.3 Å². The van der Waals surface area contributed by atoms with Gasteiger partial charge in [0, 0.05) is 18.1 Å². The molecule has 0 radical (unpaired) electrons. The van der Waals surface area contributed by atoms with Crippen LogP contribution in [-0.2, 0) is 7.05 Å². The maximum Gasteiger partial charge on any atom is 0.164 e. The molecule has 1 unspecified atom stereocenters. The molecule has 0 aromatic carbocycles. The molecular formula is C12H13BrN6S. The van der Waals surface area contributed by atoms with Gasteiger partial charge in [-0.05, 0) is 29.8 Å². The lowest BCUT2D eigenvalue weighted by atomic mass is 10.3. The summed E-state index contributed by atoms with van der Waals surface area (Å²) in [5.41, 5.74) is 0.789. The molecule has 3 aromatic rings. The quantitative estimate of drug-likeness (QED) is 0.784. The van der Waals surface area contributed by atoms with Crippen molar-refractivity contribution < 1.29 is 0 Å². The first kappa shape index (κ1) is 13.4. The maximum atomic E-state index is 4.40. The summed E-state index contributed by atoms with van der Waals surface area (Å²) < 4.78 is 2.46. The number of fused-ring (bicyclic) bond motifs is 1. The molecule has 0 aliphatic heterocycles. The summed E-state index contributed by atoms with van der Waals surface area (Å²) in [6, 6.07) is 0.0823. The molecule has 0 aliphatic rings. The van der Waals surface area contributed by atoms with Crippen molar-refractivity contribution in [2.75, 3.05) is 5.32 Å². The fraction of sp³-hybridized carbons (Fsp3) is 0.333. The SMILES string of the molecule is Cc1cnc(C(C)Nc2ncnc3c2c(Br)nn3C)s1. The highest BCUT2D eigenvalue weighted by Gasteiger charge is 2.16. The van der Waals surface area contributed by atoms with Gasteiger partial charge in [0.15, 0.2) is 5.65 Å². The molecule has 1 atom stereocenters. The van der Waals surface area contributed by atoms with Gasteiger partial charge in [0.05, 0.1) is 11.4 Å². The van der Waals surface area contributed by atoms with E-state index in [1.54, 1.807) is 22.3 Å². The van der Waals surface area contributed by atoms with E-state index in [0.29, 0.717) is 0 Å². The molecule has 20 heavy (non-hydrogen) atoms. The Morgan fingerprint density at radius 3 is 2.85 bits per heavy atom. The van der Waals surface area contributed by atoms with E-state index in [0.717, 1.165) is 26.5 Å². The second kappa shape index (κ2) is 5.10. The molecule has 3 rings (SSSR count). The predicted molar refractivity (Wildman–Crippen MR) is 82.9 cm³/mol. The third-order valence-electron chi connectivity index (χ3n) is 2.94. The number of hydrogen-bond donors (Lipinski definition) is 1. The Morgan fingerprint density at radius 1 is 1.35 bits per heavy atom. The van der Waals surface area contributed by atoms with Crippen LogP contribution in [0.15, 0.2) is 17.1 Å². The lowest BCUT2D eigenvalue weighted by molar-refractivity contribution is 0.777. The van der Waals surface area contributed by atoms with E-state index in [1.165, 1.54) is 4.88 Å². The molecule has 0 fully saturated rings. The molecule has 104 valence electrons. The molecule has 0 spiro atoms. The van der Waals surface area contributed by atoms with Crippen LogP contribution in [0.4, 0.5) is 5.82 Å². The van der Waals surface area contributed by atoms with E-state index in [9.17, 15) is 0 Å². The Labute approximate surface area is 128 Å². The van der Waals surface area contributed by atoms with Gasteiger partial charge >= 0.3 is 0 Å². The number of nitrogens with one attached hydrogen (secondary N) is 1. The fourth-order valence-electron chi connectivity index (χ4n) is 1.99. The Morgan fingerprint density at radius 2 is 2.15 bits per heavy atom. The van der Waals surface area contributed by atoms with Gasteiger partial charge < -0.3 is 5.32 Å². The lowest BCUT2D eigenvalue weighted by Gasteiger charge is -2.12. The zero-order chi connectivity index (χ0) is 14.3. The number of nitrogens with zero attached hydrogens (tertiary/aromatic N) is 5. The second-order valence-corrected chi connectivity index (χ2v) is 6.53. The summed E-state index contributed by atoms with van der Waals surface area (Å²) >= 11 is 5.13.